The Morgan fingerprint density at radius 3 is 2.14 bits per heavy atom. The molecule has 0 aliphatic heterocycles. The third-order valence-electron chi connectivity index (χ3n) is 2.04. The zero-order valence-corrected chi connectivity index (χ0v) is 10.0. The van der Waals surface area contributed by atoms with E-state index in [2.05, 4.69) is 15.9 Å². The van der Waals surface area contributed by atoms with E-state index < -0.39 is 6.43 Å². The molecule has 0 nitrogen and oxygen atoms in total. The monoisotopic (exact) mass is 262 g/mol. The predicted octanol–water partition coefficient (Wildman–Crippen LogP) is 4.68. The van der Waals surface area contributed by atoms with Crippen molar-refractivity contribution >= 4 is 15.9 Å². The summed E-state index contributed by atoms with van der Waals surface area (Å²) in [6.07, 6.45) is -2.41. The summed E-state index contributed by atoms with van der Waals surface area (Å²) in [4.78, 5) is 0. The van der Waals surface area contributed by atoms with Gasteiger partial charge in [0.1, 0.15) is 0 Å². The summed E-state index contributed by atoms with van der Waals surface area (Å²) in [6, 6.07) is 4.90. The third kappa shape index (κ3) is 2.77. The van der Waals surface area contributed by atoms with Gasteiger partial charge in [0.2, 0.25) is 0 Å². The van der Waals surface area contributed by atoms with Gasteiger partial charge in [-0.3, -0.25) is 0 Å². The molecular weight excluding hydrogens is 250 g/mol. The molecule has 78 valence electrons. The Labute approximate surface area is 91.5 Å². The molecule has 0 aliphatic carbocycles. The second-order valence-corrected chi connectivity index (χ2v) is 5.24. The summed E-state index contributed by atoms with van der Waals surface area (Å²) in [5, 5.41) is 0. The molecule has 1 rings (SSSR count). The SMILES string of the molecule is CC(C)(C)c1cc(Br)cc(C(F)F)c1. The van der Waals surface area contributed by atoms with E-state index in [0.29, 0.717) is 4.47 Å². The highest BCUT2D eigenvalue weighted by Crippen LogP contribution is 2.30. The van der Waals surface area contributed by atoms with Crippen molar-refractivity contribution in [2.75, 3.05) is 0 Å². The molecule has 1 aromatic carbocycles. The van der Waals surface area contributed by atoms with Crippen molar-refractivity contribution in [2.45, 2.75) is 32.6 Å². The summed E-state index contributed by atoms with van der Waals surface area (Å²) in [7, 11) is 0. The number of benzene rings is 1. The molecule has 0 bridgehead atoms. The van der Waals surface area contributed by atoms with Crippen molar-refractivity contribution in [3.8, 4) is 0 Å². The van der Waals surface area contributed by atoms with Crippen LogP contribution >= 0.6 is 15.9 Å². The average Bonchev–Trinajstić information content (AvgIpc) is 2.01. The van der Waals surface area contributed by atoms with Crippen LogP contribution in [0.25, 0.3) is 0 Å². The standard InChI is InChI=1S/C11H13BrF2/c1-11(2,3)8-4-7(10(13)14)5-9(12)6-8/h4-6,10H,1-3H3. The van der Waals surface area contributed by atoms with Gasteiger partial charge in [0.25, 0.3) is 6.43 Å². The Bertz CT molecular complexity index is 327. The molecule has 0 fully saturated rings. The van der Waals surface area contributed by atoms with Crippen LogP contribution in [-0.2, 0) is 5.41 Å². The predicted molar refractivity (Wildman–Crippen MR) is 57.8 cm³/mol. The molecule has 0 aliphatic rings. The molecule has 0 atom stereocenters. The van der Waals surface area contributed by atoms with Gasteiger partial charge in [0.15, 0.2) is 0 Å². The first kappa shape index (κ1) is 11.6. The molecule has 0 N–H and O–H groups in total. The smallest absolute Gasteiger partial charge is 0.205 e. The number of rotatable bonds is 1. The number of alkyl halides is 2. The van der Waals surface area contributed by atoms with E-state index in [-0.39, 0.29) is 11.0 Å². The lowest BCUT2D eigenvalue weighted by Gasteiger charge is -2.20. The Morgan fingerprint density at radius 1 is 1.14 bits per heavy atom. The van der Waals surface area contributed by atoms with E-state index in [4.69, 9.17) is 0 Å². The Morgan fingerprint density at radius 2 is 1.71 bits per heavy atom. The maximum Gasteiger partial charge on any atom is 0.263 e. The molecule has 0 radical (unpaired) electrons. The molecule has 3 heteroatoms. The molecule has 0 saturated heterocycles. The minimum absolute atomic E-state index is 0.0734. The van der Waals surface area contributed by atoms with Gasteiger partial charge in [-0.05, 0) is 29.2 Å². The minimum Gasteiger partial charge on any atom is -0.205 e. The Balaban J connectivity index is 3.21. The highest BCUT2D eigenvalue weighted by atomic mass is 79.9. The van der Waals surface area contributed by atoms with Crippen molar-refractivity contribution < 1.29 is 8.78 Å². The summed E-state index contributed by atoms with van der Waals surface area (Å²) in [5.41, 5.74) is 0.888. The highest BCUT2D eigenvalue weighted by Gasteiger charge is 2.17. The van der Waals surface area contributed by atoms with Gasteiger partial charge >= 0.3 is 0 Å². The average molecular weight is 263 g/mol. The van der Waals surface area contributed by atoms with Crippen LogP contribution in [0.2, 0.25) is 0 Å². The van der Waals surface area contributed by atoms with E-state index in [0.717, 1.165) is 5.56 Å². The first-order valence-corrected chi connectivity index (χ1v) is 5.19. The van der Waals surface area contributed by atoms with E-state index in [9.17, 15) is 8.78 Å². The van der Waals surface area contributed by atoms with Crippen molar-refractivity contribution in [1.29, 1.82) is 0 Å². The lowest BCUT2D eigenvalue weighted by Crippen LogP contribution is -2.11. The quantitative estimate of drug-likeness (QED) is 0.689. The zero-order chi connectivity index (χ0) is 10.9. The summed E-state index contributed by atoms with van der Waals surface area (Å²) in [6.45, 7) is 6.01. The van der Waals surface area contributed by atoms with Gasteiger partial charge in [0, 0.05) is 10.0 Å². The van der Waals surface area contributed by atoms with Crippen molar-refractivity contribution in [3.63, 3.8) is 0 Å². The van der Waals surface area contributed by atoms with Gasteiger partial charge in [-0.15, -0.1) is 0 Å². The number of halogens is 3. The van der Waals surface area contributed by atoms with E-state index in [1.807, 2.05) is 26.8 Å². The fourth-order valence-corrected chi connectivity index (χ4v) is 1.68. The molecule has 0 aromatic heterocycles. The van der Waals surface area contributed by atoms with Crippen molar-refractivity contribution in [1.82, 2.24) is 0 Å². The van der Waals surface area contributed by atoms with Crippen LogP contribution in [0.5, 0.6) is 0 Å². The first-order valence-electron chi connectivity index (χ1n) is 4.40. The molecule has 1 aromatic rings. The van der Waals surface area contributed by atoms with Crippen molar-refractivity contribution in [3.05, 3.63) is 33.8 Å². The van der Waals surface area contributed by atoms with E-state index >= 15 is 0 Å². The maximum atomic E-state index is 12.5. The Hall–Kier alpha value is -0.440. The summed E-state index contributed by atoms with van der Waals surface area (Å²) < 4.78 is 25.7. The molecule has 14 heavy (non-hydrogen) atoms. The molecule has 0 amide bonds. The minimum atomic E-state index is -2.41. The lowest BCUT2D eigenvalue weighted by molar-refractivity contribution is 0.151. The fraction of sp³-hybridized carbons (Fsp3) is 0.455. The fourth-order valence-electron chi connectivity index (χ4n) is 1.17. The van der Waals surface area contributed by atoms with Crippen LogP contribution in [0.4, 0.5) is 8.78 Å². The van der Waals surface area contributed by atoms with Gasteiger partial charge in [-0.1, -0.05) is 36.7 Å². The van der Waals surface area contributed by atoms with Crippen LogP contribution in [-0.4, -0.2) is 0 Å². The van der Waals surface area contributed by atoms with E-state index in [1.54, 1.807) is 6.07 Å². The zero-order valence-electron chi connectivity index (χ0n) is 8.44. The molecule has 0 spiro atoms. The summed E-state index contributed by atoms with van der Waals surface area (Å²) in [5.74, 6) is 0. The molecule has 0 saturated carbocycles. The first-order chi connectivity index (χ1) is 6.30. The molecular formula is C11H13BrF2. The van der Waals surface area contributed by atoms with Gasteiger partial charge in [-0.25, -0.2) is 8.78 Å². The number of hydrogen-bond acceptors (Lipinski definition) is 0. The number of hydrogen-bond donors (Lipinski definition) is 0. The van der Waals surface area contributed by atoms with Crippen LogP contribution in [0.3, 0.4) is 0 Å². The van der Waals surface area contributed by atoms with Gasteiger partial charge in [0.05, 0.1) is 0 Å². The second kappa shape index (κ2) is 3.97. The summed E-state index contributed by atoms with van der Waals surface area (Å²) >= 11 is 3.24. The van der Waals surface area contributed by atoms with Crippen LogP contribution < -0.4 is 0 Å². The van der Waals surface area contributed by atoms with Crippen molar-refractivity contribution in [2.24, 2.45) is 0 Å². The topological polar surface area (TPSA) is 0 Å². The Kier molecular flexibility index (Phi) is 3.30. The van der Waals surface area contributed by atoms with Gasteiger partial charge < -0.3 is 0 Å². The largest absolute Gasteiger partial charge is 0.263 e. The third-order valence-corrected chi connectivity index (χ3v) is 2.50. The van der Waals surface area contributed by atoms with Gasteiger partial charge in [-0.2, -0.15) is 0 Å². The van der Waals surface area contributed by atoms with Crippen LogP contribution in [0.15, 0.2) is 22.7 Å². The van der Waals surface area contributed by atoms with Crippen LogP contribution in [0.1, 0.15) is 38.3 Å². The molecule has 0 heterocycles. The maximum absolute atomic E-state index is 12.5. The highest BCUT2D eigenvalue weighted by molar-refractivity contribution is 9.10. The lowest BCUT2D eigenvalue weighted by atomic mass is 9.86. The van der Waals surface area contributed by atoms with Crippen LogP contribution in [0, 0.1) is 0 Å². The normalized spacial score (nSPS) is 12.2. The molecule has 0 unspecified atom stereocenters. The second-order valence-electron chi connectivity index (χ2n) is 4.32. The van der Waals surface area contributed by atoms with E-state index in [1.165, 1.54) is 6.07 Å².